The predicted molar refractivity (Wildman–Crippen MR) is 78.1 cm³/mol. The van der Waals surface area contributed by atoms with Crippen molar-refractivity contribution in [1.82, 2.24) is 15.1 Å². The largest absolute Gasteiger partial charge is 0.310 e. The van der Waals surface area contributed by atoms with Crippen molar-refractivity contribution in [2.75, 3.05) is 0 Å². The van der Waals surface area contributed by atoms with Gasteiger partial charge in [-0.05, 0) is 51.4 Å². The molecule has 0 spiro atoms. The van der Waals surface area contributed by atoms with Gasteiger partial charge in [-0.2, -0.15) is 5.10 Å². The Bertz CT molecular complexity index is 412. The van der Waals surface area contributed by atoms with Gasteiger partial charge in [0, 0.05) is 24.3 Å². The Labute approximate surface area is 116 Å². The van der Waals surface area contributed by atoms with Crippen LogP contribution in [0.4, 0.5) is 0 Å². The van der Waals surface area contributed by atoms with E-state index >= 15 is 0 Å². The number of hydrogen-bond donors (Lipinski definition) is 1. The highest BCUT2D eigenvalue weighted by Crippen LogP contribution is 2.33. The highest BCUT2D eigenvalue weighted by atomic mass is 15.3. The lowest BCUT2D eigenvalue weighted by Crippen LogP contribution is -2.18. The minimum Gasteiger partial charge on any atom is -0.310 e. The zero-order chi connectivity index (χ0) is 13.2. The Kier molecular flexibility index (Phi) is 3.92. The number of aryl methyl sites for hydroxylation is 1. The van der Waals surface area contributed by atoms with Crippen molar-refractivity contribution in [3.8, 4) is 0 Å². The third-order valence-corrected chi connectivity index (χ3v) is 4.94. The van der Waals surface area contributed by atoms with Crippen molar-refractivity contribution < 1.29 is 0 Å². The minimum absolute atomic E-state index is 0.649. The van der Waals surface area contributed by atoms with Crippen LogP contribution in [-0.2, 0) is 6.54 Å². The van der Waals surface area contributed by atoms with E-state index in [1.807, 2.05) is 0 Å². The van der Waals surface area contributed by atoms with Gasteiger partial charge in [0.15, 0.2) is 0 Å². The van der Waals surface area contributed by atoms with Crippen molar-refractivity contribution in [3.63, 3.8) is 0 Å². The lowest BCUT2D eigenvalue weighted by molar-refractivity contribution is 0.256. The summed E-state index contributed by atoms with van der Waals surface area (Å²) in [6.07, 6.45) is 11.8. The van der Waals surface area contributed by atoms with E-state index in [0.717, 1.165) is 18.5 Å². The predicted octanol–water partition coefficient (Wildman–Crippen LogP) is 3.58. The van der Waals surface area contributed by atoms with Gasteiger partial charge in [-0.15, -0.1) is 0 Å². The van der Waals surface area contributed by atoms with Gasteiger partial charge in [0.05, 0.1) is 11.7 Å². The van der Waals surface area contributed by atoms with E-state index in [2.05, 4.69) is 30.0 Å². The van der Waals surface area contributed by atoms with Gasteiger partial charge >= 0.3 is 0 Å². The monoisotopic (exact) mass is 261 g/mol. The van der Waals surface area contributed by atoms with Crippen LogP contribution in [-0.4, -0.2) is 15.8 Å². The molecule has 0 aliphatic heterocycles. The molecule has 106 valence electrons. The molecule has 2 fully saturated rings. The Morgan fingerprint density at radius 2 is 1.95 bits per heavy atom. The maximum Gasteiger partial charge on any atom is 0.0638 e. The zero-order valence-electron chi connectivity index (χ0n) is 12.4. The topological polar surface area (TPSA) is 29.9 Å². The molecule has 3 heteroatoms. The molecule has 0 bridgehead atoms. The van der Waals surface area contributed by atoms with Crippen molar-refractivity contribution in [2.24, 2.45) is 5.92 Å². The van der Waals surface area contributed by atoms with Crippen LogP contribution in [0.15, 0.2) is 6.20 Å². The second-order valence-corrected chi connectivity index (χ2v) is 6.46. The molecule has 0 radical (unpaired) electrons. The van der Waals surface area contributed by atoms with E-state index < -0.39 is 0 Å². The number of aromatic nitrogens is 2. The summed E-state index contributed by atoms with van der Waals surface area (Å²) in [5.74, 6) is 0.962. The molecule has 1 aromatic heterocycles. The first-order valence-corrected chi connectivity index (χ1v) is 8.04. The van der Waals surface area contributed by atoms with E-state index in [9.17, 15) is 0 Å². The number of nitrogens with zero attached hydrogens (tertiary/aromatic N) is 2. The molecule has 0 unspecified atom stereocenters. The van der Waals surface area contributed by atoms with E-state index in [0.29, 0.717) is 6.04 Å². The van der Waals surface area contributed by atoms with E-state index in [4.69, 9.17) is 5.10 Å². The fourth-order valence-electron chi connectivity index (χ4n) is 3.24. The average molecular weight is 261 g/mol. The van der Waals surface area contributed by atoms with Gasteiger partial charge in [-0.3, -0.25) is 4.68 Å². The van der Waals surface area contributed by atoms with Crippen molar-refractivity contribution >= 4 is 0 Å². The summed E-state index contributed by atoms with van der Waals surface area (Å²) < 4.78 is 2.26. The standard InChI is InChI=1S/C16H27N3/c1-3-13-4-8-16(9-5-13)19-11-14(12(2)18-19)10-17-15-6-7-15/h11,13,15-17H,3-10H2,1-2H3. The Morgan fingerprint density at radius 3 is 2.58 bits per heavy atom. The molecule has 0 amide bonds. The fourth-order valence-corrected chi connectivity index (χ4v) is 3.24. The van der Waals surface area contributed by atoms with Crippen LogP contribution in [0.25, 0.3) is 0 Å². The van der Waals surface area contributed by atoms with Crippen molar-refractivity contribution in [3.05, 3.63) is 17.5 Å². The van der Waals surface area contributed by atoms with Crippen LogP contribution in [0, 0.1) is 12.8 Å². The summed E-state index contributed by atoms with van der Waals surface area (Å²) in [6, 6.07) is 1.43. The summed E-state index contributed by atoms with van der Waals surface area (Å²) in [7, 11) is 0. The third kappa shape index (κ3) is 3.19. The Balaban J connectivity index is 1.59. The Hall–Kier alpha value is -0.830. The Morgan fingerprint density at radius 1 is 1.21 bits per heavy atom. The zero-order valence-corrected chi connectivity index (χ0v) is 12.4. The molecule has 2 saturated carbocycles. The maximum atomic E-state index is 4.76. The van der Waals surface area contributed by atoms with Crippen LogP contribution in [0.1, 0.15) is 69.2 Å². The maximum absolute atomic E-state index is 4.76. The number of rotatable bonds is 5. The van der Waals surface area contributed by atoms with Crippen LogP contribution in [0.2, 0.25) is 0 Å². The SMILES string of the molecule is CCC1CCC(n2cc(CNC3CC3)c(C)n2)CC1. The molecule has 1 aromatic rings. The molecular formula is C16H27N3. The van der Waals surface area contributed by atoms with Crippen LogP contribution in [0.5, 0.6) is 0 Å². The molecule has 19 heavy (non-hydrogen) atoms. The summed E-state index contributed by atoms with van der Waals surface area (Å²) in [4.78, 5) is 0. The summed E-state index contributed by atoms with van der Waals surface area (Å²) >= 11 is 0. The molecule has 2 aliphatic carbocycles. The molecular weight excluding hydrogens is 234 g/mol. The molecule has 0 saturated heterocycles. The first-order chi connectivity index (χ1) is 9.26. The summed E-state index contributed by atoms with van der Waals surface area (Å²) in [6.45, 7) is 5.48. The van der Waals surface area contributed by atoms with Crippen molar-refractivity contribution in [1.29, 1.82) is 0 Å². The van der Waals surface area contributed by atoms with Gasteiger partial charge in [-0.1, -0.05) is 13.3 Å². The first kappa shape index (κ1) is 13.2. The lowest BCUT2D eigenvalue weighted by atomic mass is 9.85. The first-order valence-electron chi connectivity index (χ1n) is 8.04. The van der Waals surface area contributed by atoms with Crippen LogP contribution in [0.3, 0.4) is 0 Å². The van der Waals surface area contributed by atoms with Gasteiger partial charge in [-0.25, -0.2) is 0 Å². The van der Waals surface area contributed by atoms with Gasteiger partial charge in [0.1, 0.15) is 0 Å². The molecule has 3 rings (SSSR count). The molecule has 3 nitrogen and oxygen atoms in total. The highest BCUT2D eigenvalue weighted by molar-refractivity contribution is 5.16. The lowest BCUT2D eigenvalue weighted by Gasteiger charge is -2.27. The van der Waals surface area contributed by atoms with Gasteiger partial charge in [0.2, 0.25) is 0 Å². The quantitative estimate of drug-likeness (QED) is 0.878. The minimum atomic E-state index is 0.649. The molecule has 2 aliphatic rings. The second kappa shape index (κ2) is 5.66. The molecule has 1 N–H and O–H groups in total. The average Bonchev–Trinajstić information content (AvgIpc) is 3.20. The second-order valence-electron chi connectivity index (χ2n) is 6.46. The smallest absolute Gasteiger partial charge is 0.0638 e. The van der Waals surface area contributed by atoms with Crippen molar-refractivity contribution in [2.45, 2.75) is 77.4 Å². The third-order valence-electron chi connectivity index (χ3n) is 4.94. The van der Waals surface area contributed by atoms with Crippen LogP contribution >= 0.6 is 0 Å². The normalized spacial score (nSPS) is 27.7. The van der Waals surface area contributed by atoms with Gasteiger partial charge < -0.3 is 5.32 Å². The van der Waals surface area contributed by atoms with Gasteiger partial charge in [0.25, 0.3) is 0 Å². The number of hydrogen-bond acceptors (Lipinski definition) is 2. The fraction of sp³-hybridized carbons (Fsp3) is 0.812. The summed E-state index contributed by atoms with van der Waals surface area (Å²) in [5.41, 5.74) is 2.61. The molecule has 1 heterocycles. The van der Waals surface area contributed by atoms with Crippen LogP contribution < -0.4 is 5.32 Å². The summed E-state index contributed by atoms with van der Waals surface area (Å²) in [5, 5.41) is 8.35. The number of nitrogens with one attached hydrogen (secondary N) is 1. The molecule has 0 aromatic carbocycles. The van der Waals surface area contributed by atoms with E-state index in [1.54, 1.807) is 0 Å². The van der Waals surface area contributed by atoms with E-state index in [-0.39, 0.29) is 0 Å². The molecule has 0 atom stereocenters. The van der Waals surface area contributed by atoms with E-state index in [1.165, 1.54) is 56.2 Å². The highest BCUT2D eigenvalue weighted by Gasteiger charge is 2.23.